The Morgan fingerprint density at radius 3 is 2.10 bits per heavy atom. The number of hydrogen-bond donors (Lipinski definition) is 0. The molecule has 0 bridgehead atoms. The predicted octanol–water partition coefficient (Wildman–Crippen LogP) is 5.28. The molecule has 41 heavy (non-hydrogen) atoms. The summed E-state index contributed by atoms with van der Waals surface area (Å²) in [6.45, 7) is 6.10. The van der Waals surface area contributed by atoms with Gasteiger partial charge >= 0.3 is 7.60 Å². The van der Waals surface area contributed by atoms with Gasteiger partial charge in [0.05, 0.1) is 48.7 Å². The van der Waals surface area contributed by atoms with Crippen molar-refractivity contribution in [2.75, 3.05) is 33.2 Å². The number of nitrogens with zero attached hydrogens (tertiary/aromatic N) is 2. The smallest absolute Gasteiger partial charge is 0.336 e. The van der Waals surface area contributed by atoms with Crippen LogP contribution < -0.4 is 9.47 Å². The molecule has 3 aromatic rings. The second kappa shape index (κ2) is 14.7. The number of methoxy groups -OCH3 is 1. The fourth-order valence-corrected chi connectivity index (χ4v) is 6.03. The number of aromatic nitrogens is 2. The largest absolute Gasteiger partial charge is 0.488 e. The van der Waals surface area contributed by atoms with Gasteiger partial charge in [-0.05, 0) is 57.2 Å². The number of carbonyl (C=O) groups excluding carboxylic acids is 1. The van der Waals surface area contributed by atoms with E-state index >= 15 is 0 Å². The molecular formula is C28H35N2O9PS. The molecule has 13 heteroatoms. The van der Waals surface area contributed by atoms with Gasteiger partial charge in [0, 0.05) is 37.4 Å². The summed E-state index contributed by atoms with van der Waals surface area (Å²) in [6.07, 6.45) is 3.66. The minimum atomic E-state index is -3.35. The van der Waals surface area contributed by atoms with Crippen molar-refractivity contribution >= 4 is 23.2 Å². The summed E-state index contributed by atoms with van der Waals surface area (Å²) in [5.41, 5.74) is 1.16. The van der Waals surface area contributed by atoms with E-state index in [2.05, 4.69) is 9.97 Å². The van der Waals surface area contributed by atoms with Crippen molar-refractivity contribution in [2.45, 2.75) is 44.4 Å². The molecule has 0 spiro atoms. The molecule has 1 aromatic heterocycles. The van der Waals surface area contributed by atoms with Crippen LogP contribution in [0.25, 0.3) is 0 Å². The summed E-state index contributed by atoms with van der Waals surface area (Å²) in [7, 11) is -5.13. The zero-order valence-electron chi connectivity index (χ0n) is 23.7. The van der Waals surface area contributed by atoms with Crippen molar-refractivity contribution in [3.8, 4) is 17.2 Å². The third-order valence-corrected chi connectivity index (χ3v) is 8.68. The third-order valence-electron chi connectivity index (χ3n) is 5.54. The van der Waals surface area contributed by atoms with Crippen LogP contribution in [0.3, 0.4) is 0 Å². The maximum absolute atomic E-state index is 13.3. The van der Waals surface area contributed by atoms with Gasteiger partial charge in [-0.3, -0.25) is 19.3 Å². The Balaban J connectivity index is 1.81. The summed E-state index contributed by atoms with van der Waals surface area (Å²) >= 11 is 0. The lowest BCUT2D eigenvalue weighted by Gasteiger charge is -2.16. The van der Waals surface area contributed by atoms with Crippen molar-refractivity contribution in [1.82, 2.24) is 9.97 Å². The molecule has 0 saturated heterocycles. The number of ether oxygens (including phenoxy) is 3. The molecule has 0 N–H and O–H groups in total. The maximum atomic E-state index is 13.3. The first-order chi connectivity index (χ1) is 19.4. The van der Waals surface area contributed by atoms with Gasteiger partial charge in [0.2, 0.25) is 0 Å². The maximum Gasteiger partial charge on any atom is 0.336 e. The highest BCUT2D eigenvalue weighted by atomic mass is 32.2. The number of ketones is 1. The Bertz CT molecular complexity index is 1450. The highest BCUT2D eigenvalue weighted by Crippen LogP contribution is 2.50. The van der Waals surface area contributed by atoms with Crippen molar-refractivity contribution in [1.29, 1.82) is 0 Å². The van der Waals surface area contributed by atoms with E-state index in [4.69, 9.17) is 23.3 Å². The van der Waals surface area contributed by atoms with Gasteiger partial charge < -0.3 is 23.3 Å². The van der Waals surface area contributed by atoms with Crippen LogP contribution in [0, 0.1) is 0 Å². The van der Waals surface area contributed by atoms with E-state index in [1.54, 1.807) is 39.2 Å². The molecule has 0 saturated carbocycles. The number of rotatable bonds is 16. The van der Waals surface area contributed by atoms with Crippen molar-refractivity contribution < 1.29 is 41.0 Å². The Morgan fingerprint density at radius 1 is 0.927 bits per heavy atom. The Kier molecular flexibility index (Phi) is 11.6. The average Bonchev–Trinajstić information content (AvgIpc) is 2.90. The number of hydrogen-bond acceptors (Lipinski definition) is 11. The number of carbonyl (C=O) groups is 1. The van der Waals surface area contributed by atoms with Gasteiger partial charge in [-0.25, -0.2) is 8.42 Å². The molecule has 222 valence electrons. The average molecular weight is 607 g/mol. The minimum absolute atomic E-state index is 0.0270. The van der Waals surface area contributed by atoms with Gasteiger partial charge in [0.15, 0.2) is 15.6 Å². The normalized spacial score (nSPS) is 12.6. The SMILES string of the molecule is CCOP(=O)(Cc1cnc(CC(=O)c2cc(Oc3ccc(S(C)(=O)=O)cc3)cc(O[C@@H](C)COC)c2)cn1)OCC. The van der Waals surface area contributed by atoms with E-state index in [1.807, 2.05) is 6.92 Å². The Morgan fingerprint density at radius 2 is 1.54 bits per heavy atom. The lowest BCUT2D eigenvalue weighted by molar-refractivity contribution is 0.0914. The monoisotopic (exact) mass is 606 g/mol. The van der Waals surface area contributed by atoms with Crippen LogP contribution in [-0.2, 0) is 40.8 Å². The summed E-state index contributed by atoms with van der Waals surface area (Å²) in [5, 5.41) is 0. The quantitative estimate of drug-likeness (QED) is 0.155. The number of sulfone groups is 1. The summed E-state index contributed by atoms with van der Waals surface area (Å²) in [4.78, 5) is 22.0. The first kappa shape index (κ1) is 32.4. The fraction of sp³-hybridized carbons (Fsp3) is 0.393. The summed E-state index contributed by atoms with van der Waals surface area (Å²) < 4.78 is 63.9. The van der Waals surface area contributed by atoms with Crippen LogP contribution in [-0.4, -0.2) is 63.5 Å². The van der Waals surface area contributed by atoms with E-state index in [9.17, 15) is 17.8 Å². The molecule has 1 atom stereocenters. The van der Waals surface area contributed by atoms with Crippen LogP contribution >= 0.6 is 7.60 Å². The second-order valence-electron chi connectivity index (χ2n) is 9.13. The molecule has 1 heterocycles. The van der Waals surface area contributed by atoms with Gasteiger partial charge in [-0.15, -0.1) is 0 Å². The third kappa shape index (κ3) is 10.0. The van der Waals surface area contributed by atoms with Crippen LogP contribution in [0.1, 0.15) is 42.5 Å². The van der Waals surface area contributed by atoms with Crippen LogP contribution in [0.5, 0.6) is 17.2 Å². The van der Waals surface area contributed by atoms with Crippen LogP contribution in [0.4, 0.5) is 0 Å². The molecule has 3 rings (SSSR count). The molecule has 11 nitrogen and oxygen atoms in total. The first-order valence-corrected chi connectivity index (χ1v) is 16.6. The molecule has 0 unspecified atom stereocenters. The molecule has 0 fully saturated rings. The molecule has 0 aliphatic carbocycles. The van der Waals surface area contributed by atoms with E-state index in [0.717, 1.165) is 6.26 Å². The molecule has 0 aliphatic rings. The zero-order valence-corrected chi connectivity index (χ0v) is 25.4. The van der Waals surface area contributed by atoms with Crippen LogP contribution in [0.2, 0.25) is 0 Å². The van der Waals surface area contributed by atoms with Gasteiger partial charge in [0.1, 0.15) is 23.4 Å². The van der Waals surface area contributed by atoms with Gasteiger partial charge in [-0.1, -0.05) is 0 Å². The van der Waals surface area contributed by atoms with Crippen molar-refractivity contribution in [3.63, 3.8) is 0 Å². The minimum Gasteiger partial charge on any atom is -0.488 e. The van der Waals surface area contributed by atoms with E-state index in [1.165, 1.54) is 36.7 Å². The first-order valence-electron chi connectivity index (χ1n) is 12.9. The highest BCUT2D eigenvalue weighted by Gasteiger charge is 2.25. The zero-order chi connectivity index (χ0) is 30.0. The number of Topliss-reactive ketones (excluding diaryl/α,β-unsaturated/α-hetero) is 1. The van der Waals surface area contributed by atoms with E-state index in [0.29, 0.717) is 40.8 Å². The van der Waals surface area contributed by atoms with E-state index in [-0.39, 0.29) is 42.6 Å². The Labute approximate surface area is 240 Å². The molecule has 0 radical (unpaired) electrons. The molecule has 0 amide bonds. The lowest BCUT2D eigenvalue weighted by atomic mass is 10.1. The van der Waals surface area contributed by atoms with Crippen LogP contribution in [0.15, 0.2) is 59.8 Å². The van der Waals surface area contributed by atoms with Crippen molar-refractivity contribution in [3.05, 3.63) is 71.8 Å². The Hall–Kier alpha value is -3.15. The van der Waals surface area contributed by atoms with E-state index < -0.39 is 17.4 Å². The number of benzene rings is 2. The summed E-state index contributed by atoms with van der Waals surface area (Å²) in [5.74, 6) is 0.845. The summed E-state index contributed by atoms with van der Waals surface area (Å²) in [6, 6.07) is 10.8. The highest BCUT2D eigenvalue weighted by molar-refractivity contribution is 7.90. The van der Waals surface area contributed by atoms with Crippen molar-refractivity contribution in [2.24, 2.45) is 0 Å². The van der Waals surface area contributed by atoms with Gasteiger partial charge in [0.25, 0.3) is 0 Å². The second-order valence-corrected chi connectivity index (χ2v) is 13.2. The topological polar surface area (TPSA) is 140 Å². The van der Waals surface area contributed by atoms with Gasteiger partial charge in [-0.2, -0.15) is 0 Å². The molecule has 0 aliphatic heterocycles. The standard InChI is InChI=1S/C28H35N2O9PS/c1-6-36-40(32,37-7-2)19-23-17-29-22(16-30-23)14-28(31)21-12-25(38-20(3)18-35-4)15-26(13-21)39-24-8-10-27(11-9-24)41(5,33)34/h8-13,15-17,20H,6-7,14,18-19H2,1-5H3/t20-/m0/s1. The lowest BCUT2D eigenvalue weighted by Crippen LogP contribution is -2.18. The fourth-order valence-electron chi connectivity index (χ4n) is 3.79. The molecular weight excluding hydrogens is 571 g/mol. The molecule has 2 aromatic carbocycles. The predicted molar refractivity (Wildman–Crippen MR) is 153 cm³/mol.